The second-order valence-corrected chi connectivity index (χ2v) is 3.69. The van der Waals surface area contributed by atoms with Crippen molar-refractivity contribution in [1.82, 2.24) is 0 Å². The normalized spacial score (nSPS) is 13.2. The van der Waals surface area contributed by atoms with Gasteiger partial charge in [0.1, 0.15) is 24.0 Å². The van der Waals surface area contributed by atoms with E-state index in [-0.39, 0.29) is 0 Å². The van der Waals surface area contributed by atoms with Crippen molar-refractivity contribution in [2.75, 3.05) is 19.8 Å². The Morgan fingerprint density at radius 3 is 2.33 bits per heavy atom. The second-order valence-electron chi connectivity index (χ2n) is 3.69. The second kappa shape index (κ2) is 6.49. The summed E-state index contributed by atoms with van der Waals surface area (Å²) in [4.78, 5) is 0. The zero-order valence-corrected chi connectivity index (χ0v) is 10.0. The number of halogens is 3. The van der Waals surface area contributed by atoms with Crippen molar-refractivity contribution in [3.63, 3.8) is 0 Å². The maximum Gasteiger partial charge on any atom is 0.396 e. The molecule has 1 aromatic carbocycles. The summed E-state index contributed by atoms with van der Waals surface area (Å²) in [5, 5.41) is 0. The van der Waals surface area contributed by atoms with Crippen LogP contribution in [0.2, 0.25) is 0 Å². The Labute approximate surface area is 104 Å². The van der Waals surface area contributed by atoms with E-state index in [2.05, 4.69) is 0 Å². The highest BCUT2D eigenvalue weighted by Crippen LogP contribution is 2.27. The van der Waals surface area contributed by atoms with Crippen molar-refractivity contribution < 1.29 is 22.6 Å². The van der Waals surface area contributed by atoms with Crippen LogP contribution < -0.4 is 15.2 Å². The first kappa shape index (κ1) is 14.6. The van der Waals surface area contributed by atoms with Crippen molar-refractivity contribution in [3.8, 4) is 11.5 Å². The van der Waals surface area contributed by atoms with Gasteiger partial charge in [0.05, 0.1) is 6.61 Å². The Bertz CT molecular complexity index is 369. The van der Waals surface area contributed by atoms with Crippen LogP contribution >= 0.6 is 0 Å². The van der Waals surface area contributed by atoms with Crippen LogP contribution in [0, 0.1) is 5.92 Å². The molecule has 0 saturated carbocycles. The zero-order chi connectivity index (χ0) is 13.6. The Balaban J connectivity index is 2.59. The highest BCUT2D eigenvalue weighted by atomic mass is 19.4. The van der Waals surface area contributed by atoms with Gasteiger partial charge in [-0.1, -0.05) is 6.07 Å². The third-order valence-electron chi connectivity index (χ3n) is 2.32. The lowest BCUT2D eigenvalue weighted by molar-refractivity contribution is -0.178. The van der Waals surface area contributed by atoms with Crippen molar-refractivity contribution in [3.05, 3.63) is 24.3 Å². The topological polar surface area (TPSA) is 44.5 Å². The molecule has 0 heterocycles. The first-order chi connectivity index (χ1) is 8.47. The Hall–Kier alpha value is -1.43. The quantitative estimate of drug-likeness (QED) is 0.858. The highest BCUT2D eigenvalue weighted by Gasteiger charge is 2.39. The molecule has 0 spiro atoms. The van der Waals surface area contributed by atoms with E-state index in [9.17, 15) is 13.2 Å². The molecule has 0 radical (unpaired) electrons. The van der Waals surface area contributed by atoms with Crippen molar-refractivity contribution in [2.24, 2.45) is 11.7 Å². The molecular weight excluding hydrogens is 247 g/mol. The summed E-state index contributed by atoms with van der Waals surface area (Å²) in [7, 11) is 0. The van der Waals surface area contributed by atoms with Gasteiger partial charge in [0.2, 0.25) is 0 Å². The summed E-state index contributed by atoms with van der Waals surface area (Å²) < 4.78 is 47.6. The van der Waals surface area contributed by atoms with Crippen LogP contribution in [-0.2, 0) is 0 Å². The van der Waals surface area contributed by atoms with Gasteiger partial charge >= 0.3 is 6.18 Å². The molecule has 0 aliphatic rings. The van der Waals surface area contributed by atoms with Gasteiger partial charge in [-0.3, -0.25) is 0 Å². The average Bonchev–Trinajstić information content (AvgIpc) is 2.29. The van der Waals surface area contributed by atoms with Gasteiger partial charge in [-0.2, -0.15) is 13.2 Å². The van der Waals surface area contributed by atoms with E-state index in [0.717, 1.165) is 0 Å². The van der Waals surface area contributed by atoms with Gasteiger partial charge in [0.15, 0.2) is 0 Å². The van der Waals surface area contributed by atoms with Crippen LogP contribution in [0.5, 0.6) is 11.5 Å². The van der Waals surface area contributed by atoms with Gasteiger partial charge in [-0.15, -0.1) is 0 Å². The summed E-state index contributed by atoms with van der Waals surface area (Å²) in [5.74, 6) is -0.761. The number of hydrogen-bond acceptors (Lipinski definition) is 3. The van der Waals surface area contributed by atoms with E-state index in [1.54, 1.807) is 24.3 Å². The molecule has 3 nitrogen and oxygen atoms in total. The molecule has 0 fully saturated rings. The summed E-state index contributed by atoms with van der Waals surface area (Å²) in [6.07, 6.45) is -4.34. The molecule has 1 unspecified atom stereocenters. The molecule has 18 heavy (non-hydrogen) atoms. The largest absolute Gasteiger partial charge is 0.494 e. The standard InChI is InChI=1S/C12H16F3NO2/c1-2-17-10-4-3-5-11(6-10)18-8-9(7-16)12(13,14)15/h3-6,9H,2,7-8,16H2,1H3. The van der Waals surface area contributed by atoms with Gasteiger partial charge in [-0.25, -0.2) is 0 Å². The van der Waals surface area contributed by atoms with E-state index >= 15 is 0 Å². The van der Waals surface area contributed by atoms with Crippen LogP contribution in [-0.4, -0.2) is 25.9 Å². The molecular formula is C12H16F3NO2. The molecule has 0 aliphatic heterocycles. The van der Waals surface area contributed by atoms with Crippen molar-refractivity contribution in [1.29, 1.82) is 0 Å². The molecule has 102 valence electrons. The number of benzene rings is 1. The summed E-state index contributed by atoms with van der Waals surface area (Å²) in [5.41, 5.74) is 5.08. The summed E-state index contributed by atoms with van der Waals surface area (Å²) >= 11 is 0. The molecule has 0 aliphatic carbocycles. The maximum atomic E-state index is 12.4. The van der Waals surface area contributed by atoms with E-state index < -0.39 is 25.2 Å². The lowest BCUT2D eigenvalue weighted by atomic mass is 10.1. The van der Waals surface area contributed by atoms with Gasteiger partial charge in [0.25, 0.3) is 0 Å². The fourth-order valence-electron chi connectivity index (χ4n) is 1.31. The van der Waals surface area contributed by atoms with Crippen LogP contribution in [0.4, 0.5) is 13.2 Å². The molecule has 0 saturated heterocycles. The van der Waals surface area contributed by atoms with Gasteiger partial charge < -0.3 is 15.2 Å². The summed E-state index contributed by atoms with van der Waals surface area (Å²) in [6, 6.07) is 6.49. The number of nitrogens with two attached hydrogens (primary N) is 1. The fraction of sp³-hybridized carbons (Fsp3) is 0.500. The first-order valence-corrected chi connectivity index (χ1v) is 5.59. The van der Waals surface area contributed by atoms with E-state index in [0.29, 0.717) is 18.1 Å². The molecule has 1 aromatic rings. The Kier molecular flexibility index (Phi) is 5.27. The molecule has 1 atom stereocenters. The van der Waals surface area contributed by atoms with Gasteiger partial charge in [-0.05, 0) is 19.1 Å². The van der Waals surface area contributed by atoms with E-state index in [1.807, 2.05) is 6.92 Å². The molecule has 0 aromatic heterocycles. The average molecular weight is 263 g/mol. The minimum absolute atomic E-state index is 0.337. The smallest absolute Gasteiger partial charge is 0.396 e. The molecule has 0 amide bonds. The zero-order valence-electron chi connectivity index (χ0n) is 10.0. The van der Waals surface area contributed by atoms with Crippen LogP contribution in [0.15, 0.2) is 24.3 Å². The van der Waals surface area contributed by atoms with Crippen LogP contribution in [0.25, 0.3) is 0 Å². The third kappa shape index (κ3) is 4.44. The number of ether oxygens (including phenoxy) is 2. The van der Waals surface area contributed by atoms with Crippen LogP contribution in [0.3, 0.4) is 0 Å². The van der Waals surface area contributed by atoms with Crippen molar-refractivity contribution >= 4 is 0 Å². The SMILES string of the molecule is CCOc1cccc(OCC(CN)C(F)(F)F)c1. The van der Waals surface area contributed by atoms with E-state index in [1.165, 1.54) is 0 Å². The predicted molar refractivity (Wildman–Crippen MR) is 61.7 cm³/mol. The number of hydrogen-bond donors (Lipinski definition) is 1. The van der Waals surface area contributed by atoms with Gasteiger partial charge in [0, 0.05) is 12.6 Å². The molecule has 1 rings (SSSR count). The molecule has 0 bridgehead atoms. The lowest BCUT2D eigenvalue weighted by Crippen LogP contribution is -2.35. The Morgan fingerprint density at radius 2 is 1.83 bits per heavy atom. The first-order valence-electron chi connectivity index (χ1n) is 5.59. The van der Waals surface area contributed by atoms with E-state index in [4.69, 9.17) is 15.2 Å². The predicted octanol–water partition coefficient (Wildman–Crippen LogP) is 2.60. The maximum absolute atomic E-state index is 12.4. The number of alkyl halides is 3. The number of rotatable bonds is 6. The highest BCUT2D eigenvalue weighted by molar-refractivity contribution is 5.32. The summed E-state index contributed by atoms with van der Waals surface area (Å²) in [6.45, 7) is 1.32. The Morgan fingerprint density at radius 1 is 1.22 bits per heavy atom. The fourth-order valence-corrected chi connectivity index (χ4v) is 1.31. The van der Waals surface area contributed by atoms with Crippen molar-refractivity contribution in [2.45, 2.75) is 13.1 Å². The molecule has 6 heteroatoms. The minimum atomic E-state index is -4.34. The minimum Gasteiger partial charge on any atom is -0.494 e. The molecule has 2 N–H and O–H groups in total. The monoisotopic (exact) mass is 263 g/mol. The van der Waals surface area contributed by atoms with Crippen LogP contribution in [0.1, 0.15) is 6.92 Å². The third-order valence-corrected chi connectivity index (χ3v) is 2.32. The lowest BCUT2D eigenvalue weighted by Gasteiger charge is -2.19.